The molecule has 136 valence electrons. The van der Waals surface area contributed by atoms with Crippen LogP contribution in [0, 0.1) is 0 Å². The molecule has 1 aromatic rings. The second-order valence-corrected chi connectivity index (χ2v) is 7.10. The van der Waals surface area contributed by atoms with Crippen LogP contribution in [0.2, 0.25) is 5.02 Å². The highest BCUT2D eigenvalue weighted by Gasteiger charge is 2.34. The van der Waals surface area contributed by atoms with Crippen molar-refractivity contribution in [1.29, 1.82) is 0 Å². The lowest BCUT2D eigenvalue weighted by atomic mass is 10.1. The molecule has 2 saturated heterocycles. The van der Waals surface area contributed by atoms with Crippen LogP contribution < -0.4 is 4.90 Å². The maximum Gasteiger partial charge on any atom is 0.323 e. The highest BCUT2D eigenvalue weighted by Crippen LogP contribution is 2.23. The van der Waals surface area contributed by atoms with Crippen LogP contribution in [0.4, 0.5) is 5.69 Å². The number of hydrogen-bond donors (Lipinski definition) is 1. The van der Waals surface area contributed by atoms with Gasteiger partial charge < -0.3 is 14.9 Å². The van der Waals surface area contributed by atoms with Gasteiger partial charge in [-0.1, -0.05) is 17.7 Å². The number of piperazine rings is 1. The number of likely N-dealkylation sites (tertiary alicyclic amines) is 1. The highest BCUT2D eigenvalue weighted by molar-refractivity contribution is 6.30. The predicted molar refractivity (Wildman–Crippen MR) is 97.1 cm³/mol. The van der Waals surface area contributed by atoms with E-state index in [4.69, 9.17) is 16.7 Å². The summed E-state index contributed by atoms with van der Waals surface area (Å²) < 4.78 is 0. The van der Waals surface area contributed by atoms with E-state index in [9.17, 15) is 9.59 Å². The fraction of sp³-hybridized carbons (Fsp3) is 0.556. The molecule has 0 aliphatic carbocycles. The number of carbonyl (C=O) groups is 2. The van der Waals surface area contributed by atoms with E-state index in [0.29, 0.717) is 6.54 Å². The van der Waals surface area contributed by atoms with E-state index in [-0.39, 0.29) is 18.5 Å². The first-order chi connectivity index (χ1) is 12.0. The molecular formula is C18H24ClN3O3. The van der Waals surface area contributed by atoms with Gasteiger partial charge in [0.25, 0.3) is 0 Å². The molecule has 2 aliphatic rings. The summed E-state index contributed by atoms with van der Waals surface area (Å²) in [5.41, 5.74) is 1.10. The number of anilines is 1. The van der Waals surface area contributed by atoms with Gasteiger partial charge >= 0.3 is 5.97 Å². The fourth-order valence-corrected chi connectivity index (χ4v) is 3.89. The van der Waals surface area contributed by atoms with Gasteiger partial charge in [-0.3, -0.25) is 14.5 Å². The lowest BCUT2D eigenvalue weighted by Crippen LogP contribution is -2.55. The van der Waals surface area contributed by atoms with Crippen LogP contribution in [0.15, 0.2) is 24.3 Å². The molecule has 0 aromatic heterocycles. The van der Waals surface area contributed by atoms with Crippen LogP contribution in [0.25, 0.3) is 0 Å². The summed E-state index contributed by atoms with van der Waals surface area (Å²) in [7, 11) is 0. The van der Waals surface area contributed by atoms with Crippen LogP contribution in [0.3, 0.4) is 0 Å². The second kappa shape index (κ2) is 8.06. The third-order valence-corrected chi connectivity index (χ3v) is 5.24. The van der Waals surface area contributed by atoms with Crippen molar-refractivity contribution in [3.05, 3.63) is 29.3 Å². The Morgan fingerprint density at radius 1 is 1.16 bits per heavy atom. The normalized spacial score (nSPS) is 22.8. The number of aliphatic carboxylic acids is 1. The Labute approximate surface area is 152 Å². The number of amides is 1. The molecule has 25 heavy (non-hydrogen) atoms. The van der Waals surface area contributed by atoms with Crippen molar-refractivity contribution in [1.82, 2.24) is 9.80 Å². The number of carboxylic acid groups (broad SMARTS) is 1. The van der Waals surface area contributed by atoms with E-state index in [0.717, 1.165) is 56.2 Å². The Hall–Kier alpha value is -1.79. The molecule has 2 heterocycles. The van der Waals surface area contributed by atoms with Gasteiger partial charge in [-0.2, -0.15) is 0 Å². The Morgan fingerprint density at radius 2 is 1.92 bits per heavy atom. The van der Waals surface area contributed by atoms with Gasteiger partial charge in [0, 0.05) is 43.4 Å². The third kappa shape index (κ3) is 4.44. The number of halogens is 1. The molecule has 1 N–H and O–H groups in total. The maximum absolute atomic E-state index is 12.8. The van der Waals surface area contributed by atoms with Crippen LogP contribution in [0.1, 0.15) is 19.3 Å². The minimum atomic E-state index is -0.945. The van der Waals surface area contributed by atoms with Crippen molar-refractivity contribution < 1.29 is 14.7 Å². The zero-order valence-electron chi connectivity index (χ0n) is 14.2. The first kappa shape index (κ1) is 18.0. The summed E-state index contributed by atoms with van der Waals surface area (Å²) >= 11 is 6.07. The standard InChI is InChI=1S/C18H24ClN3O3/c19-14-4-3-5-15(12-14)20-8-10-21(11-9-20)16-6-1-2-7-22(18(16)25)13-17(23)24/h3-5,12,16H,1-2,6-11,13H2,(H,23,24). The summed E-state index contributed by atoms with van der Waals surface area (Å²) in [5.74, 6) is -0.976. The summed E-state index contributed by atoms with van der Waals surface area (Å²) in [5, 5.41) is 9.76. The Morgan fingerprint density at radius 3 is 2.60 bits per heavy atom. The number of hydrogen-bond acceptors (Lipinski definition) is 4. The topological polar surface area (TPSA) is 64.1 Å². The number of rotatable bonds is 4. The first-order valence-corrected chi connectivity index (χ1v) is 9.17. The second-order valence-electron chi connectivity index (χ2n) is 6.67. The molecule has 0 bridgehead atoms. The summed E-state index contributed by atoms with van der Waals surface area (Å²) in [4.78, 5) is 29.8. The SMILES string of the molecule is O=C(O)CN1CCCCC(N2CCN(c3cccc(Cl)c3)CC2)C1=O. The van der Waals surface area contributed by atoms with E-state index in [1.54, 1.807) is 0 Å². The van der Waals surface area contributed by atoms with Crippen LogP contribution >= 0.6 is 11.6 Å². The quantitative estimate of drug-likeness (QED) is 0.883. The number of benzene rings is 1. The van der Waals surface area contributed by atoms with Crippen molar-refractivity contribution in [3.63, 3.8) is 0 Å². The zero-order chi connectivity index (χ0) is 17.8. The van der Waals surface area contributed by atoms with E-state index in [2.05, 4.69) is 9.80 Å². The molecule has 1 amide bonds. The van der Waals surface area contributed by atoms with Crippen molar-refractivity contribution in [3.8, 4) is 0 Å². The number of carboxylic acids is 1. The number of nitrogens with zero attached hydrogens (tertiary/aromatic N) is 3. The molecule has 2 fully saturated rings. The van der Waals surface area contributed by atoms with E-state index in [1.165, 1.54) is 4.90 Å². The summed E-state index contributed by atoms with van der Waals surface area (Å²) in [6.45, 7) is 3.61. The van der Waals surface area contributed by atoms with E-state index >= 15 is 0 Å². The predicted octanol–water partition coefficient (Wildman–Crippen LogP) is 1.93. The number of carbonyl (C=O) groups excluding carboxylic acids is 1. The van der Waals surface area contributed by atoms with Gasteiger partial charge in [0.2, 0.25) is 5.91 Å². The van der Waals surface area contributed by atoms with Gasteiger partial charge in [0.15, 0.2) is 0 Å². The monoisotopic (exact) mass is 365 g/mol. The van der Waals surface area contributed by atoms with E-state index < -0.39 is 5.97 Å². The maximum atomic E-state index is 12.8. The summed E-state index contributed by atoms with van der Waals surface area (Å²) in [6, 6.07) is 7.63. The van der Waals surface area contributed by atoms with Gasteiger partial charge in [0.05, 0.1) is 6.04 Å². The molecular weight excluding hydrogens is 342 g/mol. The highest BCUT2D eigenvalue weighted by atomic mass is 35.5. The van der Waals surface area contributed by atoms with Crippen LogP contribution in [-0.2, 0) is 9.59 Å². The Balaban J connectivity index is 1.63. The first-order valence-electron chi connectivity index (χ1n) is 8.80. The van der Waals surface area contributed by atoms with Crippen LogP contribution in [0.5, 0.6) is 0 Å². The molecule has 1 unspecified atom stereocenters. The van der Waals surface area contributed by atoms with Gasteiger partial charge in [0.1, 0.15) is 6.54 Å². The molecule has 1 atom stereocenters. The molecule has 1 aromatic carbocycles. The molecule has 0 radical (unpaired) electrons. The van der Waals surface area contributed by atoms with Crippen LogP contribution in [-0.4, -0.2) is 72.1 Å². The minimum Gasteiger partial charge on any atom is -0.480 e. The van der Waals surface area contributed by atoms with Crippen molar-refractivity contribution >= 4 is 29.2 Å². The lowest BCUT2D eigenvalue weighted by molar-refractivity contribution is -0.146. The minimum absolute atomic E-state index is 0.0314. The third-order valence-electron chi connectivity index (χ3n) is 5.01. The summed E-state index contributed by atoms with van der Waals surface area (Å²) in [6.07, 6.45) is 2.64. The van der Waals surface area contributed by atoms with Gasteiger partial charge in [-0.05, 0) is 37.5 Å². The molecule has 0 spiro atoms. The van der Waals surface area contributed by atoms with Gasteiger partial charge in [-0.25, -0.2) is 0 Å². The average molecular weight is 366 g/mol. The molecule has 6 nitrogen and oxygen atoms in total. The Kier molecular flexibility index (Phi) is 5.81. The average Bonchev–Trinajstić information content (AvgIpc) is 2.77. The molecule has 3 rings (SSSR count). The molecule has 0 saturated carbocycles. The smallest absolute Gasteiger partial charge is 0.323 e. The van der Waals surface area contributed by atoms with E-state index in [1.807, 2.05) is 24.3 Å². The van der Waals surface area contributed by atoms with Crippen molar-refractivity contribution in [2.45, 2.75) is 25.3 Å². The largest absolute Gasteiger partial charge is 0.480 e. The van der Waals surface area contributed by atoms with Gasteiger partial charge in [-0.15, -0.1) is 0 Å². The molecule has 2 aliphatic heterocycles. The van der Waals surface area contributed by atoms with Crippen molar-refractivity contribution in [2.75, 3.05) is 44.2 Å². The zero-order valence-corrected chi connectivity index (χ0v) is 15.0. The van der Waals surface area contributed by atoms with Crippen molar-refractivity contribution in [2.24, 2.45) is 0 Å². The Bertz CT molecular complexity index is 632. The fourth-order valence-electron chi connectivity index (χ4n) is 3.71. The lowest BCUT2D eigenvalue weighted by Gasteiger charge is -2.40. The molecule has 7 heteroatoms.